The van der Waals surface area contributed by atoms with E-state index in [9.17, 15) is 0 Å². The van der Waals surface area contributed by atoms with E-state index in [1.54, 1.807) is 0 Å². The van der Waals surface area contributed by atoms with Crippen LogP contribution in [0.3, 0.4) is 0 Å². The first-order valence-electron chi connectivity index (χ1n) is 8.28. The summed E-state index contributed by atoms with van der Waals surface area (Å²) in [5.74, 6) is 0. The summed E-state index contributed by atoms with van der Waals surface area (Å²) < 4.78 is 5.82. The summed E-state index contributed by atoms with van der Waals surface area (Å²) in [6.45, 7) is 5.30. The minimum atomic E-state index is 0.324. The van der Waals surface area contributed by atoms with E-state index in [2.05, 4.69) is 34.8 Å². The van der Waals surface area contributed by atoms with Crippen molar-refractivity contribution in [2.75, 3.05) is 39.9 Å². The number of ether oxygens (including phenoxy) is 1. The van der Waals surface area contributed by atoms with Gasteiger partial charge in [0.2, 0.25) is 0 Å². The molecule has 1 aromatic rings. The van der Waals surface area contributed by atoms with Crippen LogP contribution in [0.15, 0.2) is 17.5 Å². The molecule has 1 unspecified atom stereocenters. The maximum atomic E-state index is 5.82. The van der Waals surface area contributed by atoms with Gasteiger partial charge in [0, 0.05) is 42.6 Å². The van der Waals surface area contributed by atoms with Crippen LogP contribution in [-0.4, -0.2) is 50.8 Å². The van der Waals surface area contributed by atoms with Gasteiger partial charge in [0.15, 0.2) is 0 Å². The van der Waals surface area contributed by atoms with Crippen LogP contribution in [-0.2, 0) is 11.2 Å². The maximum absolute atomic E-state index is 5.82. The first-order valence-corrected chi connectivity index (χ1v) is 9.16. The summed E-state index contributed by atoms with van der Waals surface area (Å²) >= 11 is 1.87. The van der Waals surface area contributed by atoms with Crippen molar-refractivity contribution in [1.82, 2.24) is 10.2 Å². The molecule has 2 heterocycles. The SMILES string of the molecule is CN(CCc1cccs1)CC1(CNC2CC2)CCCOC1. The van der Waals surface area contributed by atoms with Crippen molar-refractivity contribution in [3.8, 4) is 0 Å². The Balaban J connectivity index is 1.49. The zero-order valence-corrected chi connectivity index (χ0v) is 14.0. The van der Waals surface area contributed by atoms with Crippen molar-refractivity contribution in [2.45, 2.75) is 38.1 Å². The molecule has 3 rings (SSSR count). The largest absolute Gasteiger partial charge is 0.381 e. The predicted octanol–water partition coefficient (Wildman–Crippen LogP) is 2.77. The molecule has 1 saturated heterocycles. The monoisotopic (exact) mass is 308 g/mol. The van der Waals surface area contributed by atoms with E-state index in [4.69, 9.17) is 4.74 Å². The molecule has 0 bridgehead atoms. The summed E-state index contributed by atoms with van der Waals surface area (Å²) in [5.41, 5.74) is 0.324. The van der Waals surface area contributed by atoms with Gasteiger partial charge in [-0.05, 0) is 50.6 Å². The highest BCUT2D eigenvalue weighted by Crippen LogP contribution is 2.30. The molecular formula is C17H28N2OS. The van der Waals surface area contributed by atoms with Gasteiger partial charge in [0.25, 0.3) is 0 Å². The highest BCUT2D eigenvalue weighted by Gasteiger charge is 2.35. The van der Waals surface area contributed by atoms with Crippen LogP contribution in [0.1, 0.15) is 30.6 Å². The van der Waals surface area contributed by atoms with Gasteiger partial charge >= 0.3 is 0 Å². The van der Waals surface area contributed by atoms with Gasteiger partial charge in [-0.25, -0.2) is 0 Å². The molecule has 1 aliphatic carbocycles. The molecule has 1 atom stereocenters. The van der Waals surface area contributed by atoms with Gasteiger partial charge in [-0.1, -0.05) is 6.07 Å². The molecule has 1 aliphatic heterocycles. The number of hydrogen-bond donors (Lipinski definition) is 1. The van der Waals surface area contributed by atoms with E-state index in [1.807, 2.05) is 11.3 Å². The van der Waals surface area contributed by atoms with Crippen LogP contribution in [0.2, 0.25) is 0 Å². The zero-order valence-electron chi connectivity index (χ0n) is 13.1. The van der Waals surface area contributed by atoms with E-state index in [0.29, 0.717) is 5.41 Å². The third-order valence-corrected chi connectivity index (χ3v) is 5.61. The van der Waals surface area contributed by atoms with Crippen LogP contribution >= 0.6 is 11.3 Å². The topological polar surface area (TPSA) is 24.5 Å². The van der Waals surface area contributed by atoms with Crippen molar-refractivity contribution in [3.05, 3.63) is 22.4 Å². The second kappa shape index (κ2) is 7.23. The Kier molecular flexibility index (Phi) is 5.33. The van der Waals surface area contributed by atoms with Crippen LogP contribution in [0.5, 0.6) is 0 Å². The second-order valence-electron chi connectivity index (χ2n) is 6.88. The average molecular weight is 308 g/mol. The van der Waals surface area contributed by atoms with Crippen LogP contribution in [0.4, 0.5) is 0 Å². The summed E-state index contributed by atoms with van der Waals surface area (Å²) in [4.78, 5) is 4.00. The lowest BCUT2D eigenvalue weighted by Crippen LogP contribution is -2.48. The highest BCUT2D eigenvalue weighted by molar-refractivity contribution is 7.09. The Bertz CT molecular complexity index is 410. The molecule has 0 aromatic carbocycles. The van der Waals surface area contributed by atoms with Crippen molar-refractivity contribution in [1.29, 1.82) is 0 Å². The van der Waals surface area contributed by atoms with Gasteiger partial charge < -0.3 is 15.0 Å². The number of hydrogen-bond acceptors (Lipinski definition) is 4. The Morgan fingerprint density at radius 3 is 3.05 bits per heavy atom. The van der Waals surface area contributed by atoms with Gasteiger partial charge in [0.05, 0.1) is 6.61 Å². The number of nitrogens with zero attached hydrogens (tertiary/aromatic N) is 1. The molecule has 1 aromatic heterocycles. The lowest BCUT2D eigenvalue weighted by molar-refractivity contribution is -0.0227. The molecule has 4 heteroatoms. The average Bonchev–Trinajstić information content (AvgIpc) is 3.18. The minimum absolute atomic E-state index is 0.324. The molecule has 0 spiro atoms. The first kappa shape index (κ1) is 15.5. The van der Waals surface area contributed by atoms with Gasteiger partial charge in [-0.2, -0.15) is 0 Å². The highest BCUT2D eigenvalue weighted by atomic mass is 32.1. The second-order valence-corrected chi connectivity index (χ2v) is 7.91. The van der Waals surface area contributed by atoms with Crippen molar-refractivity contribution in [3.63, 3.8) is 0 Å². The van der Waals surface area contributed by atoms with Gasteiger partial charge in [-0.3, -0.25) is 0 Å². The molecule has 1 saturated carbocycles. The standard InChI is InChI=1S/C17H28N2OS/c1-19(9-7-16-4-2-11-21-16)13-17(8-3-10-20-14-17)12-18-15-5-6-15/h2,4,11,15,18H,3,5-10,12-14H2,1H3. The molecule has 118 valence electrons. The molecule has 2 fully saturated rings. The number of likely N-dealkylation sites (N-methyl/N-ethyl adjacent to an activating group) is 1. The van der Waals surface area contributed by atoms with Crippen LogP contribution in [0.25, 0.3) is 0 Å². The number of thiophene rings is 1. The quantitative estimate of drug-likeness (QED) is 0.799. The molecule has 1 N–H and O–H groups in total. The third kappa shape index (κ3) is 4.78. The summed E-state index contributed by atoms with van der Waals surface area (Å²) in [7, 11) is 2.26. The van der Waals surface area contributed by atoms with E-state index in [0.717, 1.165) is 38.9 Å². The summed E-state index contributed by atoms with van der Waals surface area (Å²) in [5, 5.41) is 5.91. The smallest absolute Gasteiger partial charge is 0.0546 e. The summed E-state index contributed by atoms with van der Waals surface area (Å²) in [6, 6.07) is 5.18. The fourth-order valence-electron chi connectivity index (χ4n) is 3.29. The van der Waals surface area contributed by atoms with E-state index < -0.39 is 0 Å². The molecule has 0 amide bonds. The van der Waals surface area contributed by atoms with E-state index >= 15 is 0 Å². The fraction of sp³-hybridized carbons (Fsp3) is 0.765. The number of rotatable bonds is 8. The molecule has 2 aliphatic rings. The van der Waals surface area contributed by atoms with Crippen molar-refractivity contribution >= 4 is 11.3 Å². The molecule has 21 heavy (non-hydrogen) atoms. The Hall–Kier alpha value is -0.420. The number of nitrogens with one attached hydrogen (secondary N) is 1. The zero-order chi connectivity index (χ0) is 14.5. The van der Waals surface area contributed by atoms with E-state index in [-0.39, 0.29) is 0 Å². The lowest BCUT2D eigenvalue weighted by atomic mass is 9.81. The Morgan fingerprint density at radius 2 is 2.38 bits per heavy atom. The third-order valence-electron chi connectivity index (χ3n) is 4.67. The Labute approximate surface area is 132 Å². The van der Waals surface area contributed by atoms with Gasteiger partial charge in [0.1, 0.15) is 0 Å². The minimum Gasteiger partial charge on any atom is -0.381 e. The van der Waals surface area contributed by atoms with E-state index in [1.165, 1.54) is 37.0 Å². The van der Waals surface area contributed by atoms with Crippen LogP contribution < -0.4 is 5.32 Å². The normalized spacial score (nSPS) is 26.4. The molecule has 3 nitrogen and oxygen atoms in total. The fourth-order valence-corrected chi connectivity index (χ4v) is 3.98. The van der Waals surface area contributed by atoms with Crippen molar-refractivity contribution in [2.24, 2.45) is 5.41 Å². The molecule has 0 radical (unpaired) electrons. The lowest BCUT2D eigenvalue weighted by Gasteiger charge is -2.40. The maximum Gasteiger partial charge on any atom is 0.0546 e. The molecular weight excluding hydrogens is 280 g/mol. The predicted molar refractivity (Wildman–Crippen MR) is 89.0 cm³/mol. The van der Waals surface area contributed by atoms with Crippen LogP contribution in [0, 0.1) is 5.41 Å². The van der Waals surface area contributed by atoms with Crippen molar-refractivity contribution < 1.29 is 4.74 Å². The first-order chi connectivity index (χ1) is 10.3. The summed E-state index contributed by atoms with van der Waals surface area (Å²) in [6.07, 6.45) is 6.42. The Morgan fingerprint density at radius 1 is 1.48 bits per heavy atom. The van der Waals surface area contributed by atoms with Gasteiger partial charge in [-0.15, -0.1) is 11.3 Å².